The summed E-state index contributed by atoms with van der Waals surface area (Å²) in [5, 5.41) is 9.41. The van der Waals surface area contributed by atoms with Crippen molar-refractivity contribution in [2.24, 2.45) is 11.8 Å². The van der Waals surface area contributed by atoms with Crippen LogP contribution in [0.5, 0.6) is 0 Å². The van der Waals surface area contributed by atoms with E-state index >= 15 is 0 Å². The van der Waals surface area contributed by atoms with Gasteiger partial charge in [-0.25, -0.2) is 0 Å². The van der Waals surface area contributed by atoms with Gasteiger partial charge in [0.1, 0.15) is 6.61 Å². The normalized spacial score (nSPS) is 24.7. The molecular weight excluding hydrogens is 254 g/mol. The second-order valence-electron chi connectivity index (χ2n) is 6.68. The van der Waals surface area contributed by atoms with E-state index in [0.717, 1.165) is 19.3 Å². The second-order valence-corrected chi connectivity index (χ2v) is 6.68. The van der Waals surface area contributed by atoms with Crippen LogP contribution < -0.4 is 0 Å². The van der Waals surface area contributed by atoms with Crippen LogP contribution in [0, 0.1) is 11.8 Å². The lowest BCUT2D eigenvalue weighted by molar-refractivity contribution is -0.141. The summed E-state index contributed by atoms with van der Waals surface area (Å²) in [7, 11) is 1.76. The van der Waals surface area contributed by atoms with Gasteiger partial charge in [-0.3, -0.25) is 4.79 Å². The molecule has 0 heterocycles. The average molecular weight is 285 g/mol. The van der Waals surface area contributed by atoms with Crippen LogP contribution in [0.4, 0.5) is 0 Å². The van der Waals surface area contributed by atoms with E-state index in [4.69, 9.17) is 4.74 Å². The molecule has 1 amide bonds. The standard InChI is InChI=1S/C16H31NO3/c1-12(2)8-14(10-18)17(4)16(19)11-20-15-7-5-6-13(3)9-15/h12-15,18H,5-11H2,1-4H3/t13-,14+,15-/m0/s1. The molecular formula is C16H31NO3. The molecule has 1 rings (SSSR count). The molecule has 1 N–H and O–H groups in total. The number of carbonyl (C=O) groups excluding carboxylic acids is 1. The zero-order chi connectivity index (χ0) is 15.1. The molecule has 1 saturated carbocycles. The van der Waals surface area contributed by atoms with Crippen LogP contribution in [-0.2, 0) is 9.53 Å². The number of hydrogen-bond donors (Lipinski definition) is 1. The molecule has 0 aromatic carbocycles. The van der Waals surface area contributed by atoms with Crippen LogP contribution in [0.1, 0.15) is 52.9 Å². The van der Waals surface area contributed by atoms with Crippen LogP contribution in [0.2, 0.25) is 0 Å². The van der Waals surface area contributed by atoms with E-state index in [-0.39, 0.29) is 31.3 Å². The Morgan fingerprint density at radius 3 is 2.65 bits per heavy atom. The van der Waals surface area contributed by atoms with Crippen molar-refractivity contribution in [1.82, 2.24) is 4.90 Å². The third-order valence-corrected chi connectivity index (χ3v) is 4.23. The molecule has 0 radical (unpaired) electrons. The first-order valence-corrected chi connectivity index (χ1v) is 7.92. The maximum Gasteiger partial charge on any atom is 0.248 e. The summed E-state index contributed by atoms with van der Waals surface area (Å²) >= 11 is 0. The Hall–Kier alpha value is -0.610. The number of aliphatic hydroxyl groups excluding tert-OH is 1. The van der Waals surface area contributed by atoms with Crippen LogP contribution >= 0.6 is 0 Å². The van der Waals surface area contributed by atoms with Crippen LogP contribution in [-0.4, -0.2) is 48.3 Å². The minimum absolute atomic E-state index is 0.0148. The number of ether oxygens (including phenoxy) is 1. The third-order valence-electron chi connectivity index (χ3n) is 4.23. The van der Waals surface area contributed by atoms with E-state index in [1.807, 2.05) is 0 Å². The molecule has 3 atom stereocenters. The lowest BCUT2D eigenvalue weighted by atomic mass is 9.89. The molecule has 0 aromatic rings. The molecule has 1 aliphatic carbocycles. The highest BCUT2D eigenvalue weighted by molar-refractivity contribution is 5.77. The summed E-state index contributed by atoms with van der Waals surface area (Å²) in [6, 6.07) is -0.101. The minimum atomic E-state index is -0.101. The van der Waals surface area contributed by atoms with Gasteiger partial charge < -0.3 is 14.7 Å². The Kier molecular flexibility index (Phi) is 7.52. The molecule has 1 aliphatic rings. The number of amides is 1. The zero-order valence-electron chi connectivity index (χ0n) is 13.5. The Labute approximate surface area is 123 Å². The van der Waals surface area contributed by atoms with E-state index in [0.29, 0.717) is 11.8 Å². The van der Waals surface area contributed by atoms with Crippen LogP contribution in [0.15, 0.2) is 0 Å². The molecule has 20 heavy (non-hydrogen) atoms. The predicted octanol–water partition coefficient (Wildman–Crippen LogP) is 2.45. The lowest BCUT2D eigenvalue weighted by Crippen LogP contribution is -2.42. The molecule has 0 aliphatic heterocycles. The highest BCUT2D eigenvalue weighted by Crippen LogP contribution is 2.25. The molecule has 4 heteroatoms. The van der Waals surface area contributed by atoms with Gasteiger partial charge in [0, 0.05) is 7.05 Å². The van der Waals surface area contributed by atoms with Crippen molar-refractivity contribution in [3.63, 3.8) is 0 Å². The zero-order valence-corrected chi connectivity index (χ0v) is 13.5. The number of aliphatic hydroxyl groups is 1. The fraction of sp³-hybridized carbons (Fsp3) is 0.938. The largest absolute Gasteiger partial charge is 0.394 e. The van der Waals surface area contributed by atoms with Crippen molar-refractivity contribution in [1.29, 1.82) is 0 Å². The van der Waals surface area contributed by atoms with E-state index in [1.165, 1.54) is 12.8 Å². The number of nitrogens with zero attached hydrogens (tertiary/aromatic N) is 1. The van der Waals surface area contributed by atoms with Crippen molar-refractivity contribution in [2.45, 2.75) is 65.0 Å². The predicted molar refractivity (Wildman–Crippen MR) is 80.5 cm³/mol. The molecule has 0 spiro atoms. The van der Waals surface area contributed by atoms with E-state index in [2.05, 4.69) is 20.8 Å². The van der Waals surface area contributed by atoms with Gasteiger partial charge in [-0.15, -0.1) is 0 Å². The first kappa shape index (κ1) is 17.4. The van der Waals surface area contributed by atoms with Crippen LogP contribution in [0.25, 0.3) is 0 Å². The molecule has 1 fully saturated rings. The fourth-order valence-corrected chi connectivity index (χ4v) is 2.92. The van der Waals surface area contributed by atoms with Gasteiger partial charge in [-0.2, -0.15) is 0 Å². The average Bonchev–Trinajstić information content (AvgIpc) is 2.41. The van der Waals surface area contributed by atoms with Gasteiger partial charge in [-0.1, -0.05) is 33.6 Å². The van der Waals surface area contributed by atoms with Gasteiger partial charge >= 0.3 is 0 Å². The van der Waals surface area contributed by atoms with Gasteiger partial charge in [0.25, 0.3) is 0 Å². The Morgan fingerprint density at radius 2 is 2.10 bits per heavy atom. The second kappa shape index (κ2) is 8.63. The molecule has 0 aromatic heterocycles. The number of hydrogen-bond acceptors (Lipinski definition) is 3. The number of likely N-dealkylation sites (N-methyl/N-ethyl adjacent to an activating group) is 1. The number of carbonyl (C=O) groups is 1. The van der Waals surface area contributed by atoms with Crippen molar-refractivity contribution < 1.29 is 14.6 Å². The van der Waals surface area contributed by atoms with E-state index in [9.17, 15) is 9.90 Å². The first-order chi connectivity index (χ1) is 9.43. The molecule has 118 valence electrons. The SMILES string of the molecule is CC(C)C[C@H](CO)N(C)C(=O)CO[C@H]1CCC[C@H](C)C1. The van der Waals surface area contributed by atoms with Gasteiger partial charge in [0.2, 0.25) is 5.91 Å². The summed E-state index contributed by atoms with van der Waals surface area (Å²) in [5.41, 5.74) is 0. The molecule has 0 unspecified atom stereocenters. The van der Waals surface area contributed by atoms with Crippen molar-refractivity contribution >= 4 is 5.91 Å². The van der Waals surface area contributed by atoms with Crippen LogP contribution in [0.3, 0.4) is 0 Å². The van der Waals surface area contributed by atoms with Crippen molar-refractivity contribution in [2.75, 3.05) is 20.3 Å². The van der Waals surface area contributed by atoms with Gasteiger partial charge in [0.15, 0.2) is 0 Å². The summed E-state index contributed by atoms with van der Waals surface area (Å²) in [4.78, 5) is 13.8. The highest BCUT2D eigenvalue weighted by atomic mass is 16.5. The maximum absolute atomic E-state index is 12.1. The van der Waals surface area contributed by atoms with Crippen molar-refractivity contribution in [3.05, 3.63) is 0 Å². The molecule has 0 saturated heterocycles. The molecule has 4 nitrogen and oxygen atoms in total. The van der Waals surface area contributed by atoms with E-state index in [1.54, 1.807) is 11.9 Å². The maximum atomic E-state index is 12.1. The lowest BCUT2D eigenvalue weighted by Gasteiger charge is -2.30. The van der Waals surface area contributed by atoms with Gasteiger partial charge in [-0.05, 0) is 31.1 Å². The van der Waals surface area contributed by atoms with E-state index < -0.39 is 0 Å². The van der Waals surface area contributed by atoms with Gasteiger partial charge in [0.05, 0.1) is 18.8 Å². The number of rotatable bonds is 7. The Balaban J connectivity index is 2.36. The summed E-state index contributed by atoms with van der Waals surface area (Å²) in [6.07, 6.45) is 5.65. The summed E-state index contributed by atoms with van der Waals surface area (Å²) in [6.45, 7) is 6.60. The highest BCUT2D eigenvalue weighted by Gasteiger charge is 2.23. The first-order valence-electron chi connectivity index (χ1n) is 7.92. The Morgan fingerprint density at radius 1 is 1.40 bits per heavy atom. The monoisotopic (exact) mass is 285 g/mol. The molecule has 0 bridgehead atoms. The minimum Gasteiger partial charge on any atom is -0.394 e. The quantitative estimate of drug-likeness (QED) is 0.781. The third kappa shape index (κ3) is 5.80. The summed E-state index contributed by atoms with van der Waals surface area (Å²) < 4.78 is 5.76. The summed E-state index contributed by atoms with van der Waals surface area (Å²) in [5.74, 6) is 1.14. The topological polar surface area (TPSA) is 49.8 Å². The fourth-order valence-electron chi connectivity index (χ4n) is 2.92. The van der Waals surface area contributed by atoms with Crippen molar-refractivity contribution in [3.8, 4) is 0 Å². The smallest absolute Gasteiger partial charge is 0.248 e. The Bertz CT molecular complexity index is 293.